The van der Waals surface area contributed by atoms with Gasteiger partial charge in [0.25, 0.3) is 0 Å². The van der Waals surface area contributed by atoms with E-state index in [1.54, 1.807) is 0 Å². The Bertz CT molecular complexity index is 393. The van der Waals surface area contributed by atoms with Gasteiger partial charge in [-0.1, -0.05) is 57.9 Å². The van der Waals surface area contributed by atoms with Crippen LogP contribution in [0.2, 0.25) is 0 Å². The zero-order valence-corrected chi connectivity index (χ0v) is 13.3. The second-order valence-electron chi connectivity index (χ2n) is 6.90. The van der Waals surface area contributed by atoms with Gasteiger partial charge in [0.15, 0.2) is 0 Å². The summed E-state index contributed by atoms with van der Waals surface area (Å²) >= 11 is 0. The lowest BCUT2D eigenvalue weighted by Crippen LogP contribution is -2.30. The van der Waals surface area contributed by atoms with Crippen LogP contribution in [-0.2, 0) is 6.42 Å². The van der Waals surface area contributed by atoms with Gasteiger partial charge in [-0.15, -0.1) is 0 Å². The quantitative estimate of drug-likeness (QED) is 0.807. The Morgan fingerprint density at radius 3 is 2.45 bits per heavy atom. The number of aliphatic hydroxyl groups is 1. The van der Waals surface area contributed by atoms with Crippen LogP contribution in [0.15, 0.2) is 24.3 Å². The van der Waals surface area contributed by atoms with Gasteiger partial charge >= 0.3 is 0 Å². The molecule has 1 saturated carbocycles. The van der Waals surface area contributed by atoms with E-state index in [1.165, 1.54) is 36.8 Å². The molecular weight excluding hydrogens is 244 g/mol. The molecule has 1 N–H and O–H groups in total. The SMILES string of the molecule is CCCC1CCC(O)C(Cc2ccc(C(C)C)cc2)C1. The molecule has 0 aromatic heterocycles. The van der Waals surface area contributed by atoms with E-state index in [9.17, 15) is 5.11 Å². The first kappa shape index (κ1) is 15.6. The van der Waals surface area contributed by atoms with Crippen molar-refractivity contribution in [3.8, 4) is 0 Å². The van der Waals surface area contributed by atoms with E-state index < -0.39 is 0 Å². The van der Waals surface area contributed by atoms with Crippen LogP contribution in [0.4, 0.5) is 0 Å². The molecule has 1 nitrogen and oxygen atoms in total. The summed E-state index contributed by atoms with van der Waals surface area (Å²) in [5.41, 5.74) is 2.79. The van der Waals surface area contributed by atoms with E-state index in [2.05, 4.69) is 45.0 Å². The molecule has 3 atom stereocenters. The van der Waals surface area contributed by atoms with Crippen molar-refractivity contribution >= 4 is 0 Å². The highest BCUT2D eigenvalue weighted by Gasteiger charge is 2.28. The average molecular weight is 274 g/mol. The Labute approximate surface area is 124 Å². The number of aliphatic hydroxyl groups excluding tert-OH is 1. The molecule has 0 amide bonds. The van der Waals surface area contributed by atoms with E-state index in [1.807, 2.05) is 0 Å². The average Bonchev–Trinajstić information content (AvgIpc) is 2.43. The number of hydrogen-bond donors (Lipinski definition) is 1. The van der Waals surface area contributed by atoms with Gasteiger partial charge in [0.1, 0.15) is 0 Å². The van der Waals surface area contributed by atoms with E-state index in [4.69, 9.17) is 0 Å². The van der Waals surface area contributed by atoms with Gasteiger partial charge in [-0.3, -0.25) is 0 Å². The zero-order valence-electron chi connectivity index (χ0n) is 13.3. The summed E-state index contributed by atoms with van der Waals surface area (Å²) in [6.07, 6.45) is 6.98. The van der Waals surface area contributed by atoms with Crippen molar-refractivity contribution < 1.29 is 5.11 Å². The Morgan fingerprint density at radius 2 is 1.85 bits per heavy atom. The second kappa shape index (κ2) is 7.26. The summed E-state index contributed by atoms with van der Waals surface area (Å²) < 4.78 is 0. The molecule has 20 heavy (non-hydrogen) atoms. The minimum absolute atomic E-state index is 0.0899. The Morgan fingerprint density at radius 1 is 1.15 bits per heavy atom. The molecule has 1 aliphatic rings. The Hall–Kier alpha value is -0.820. The highest BCUT2D eigenvalue weighted by Crippen LogP contribution is 2.34. The highest BCUT2D eigenvalue weighted by molar-refractivity contribution is 5.25. The highest BCUT2D eigenvalue weighted by atomic mass is 16.3. The largest absolute Gasteiger partial charge is 0.393 e. The summed E-state index contributed by atoms with van der Waals surface area (Å²) in [5.74, 6) is 1.90. The molecule has 0 heterocycles. The third-order valence-corrected chi connectivity index (χ3v) is 4.89. The predicted molar refractivity (Wildman–Crippen MR) is 86.0 cm³/mol. The lowest BCUT2D eigenvalue weighted by Gasteiger charge is -2.33. The number of hydrogen-bond acceptors (Lipinski definition) is 1. The van der Waals surface area contributed by atoms with E-state index in [0.717, 1.165) is 18.8 Å². The van der Waals surface area contributed by atoms with E-state index in [0.29, 0.717) is 11.8 Å². The second-order valence-corrected chi connectivity index (χ2v) is 6.90. The fraction of sp³-hybridized carbons (Fsp3) is 0.684. The van der Waals surface area contributed by atoms with E-state index >= 15 is 0 Å². The van der Waals surface area contributed by atoms with Crippen molar-refractivity contribution in [3.63, 3.8) is 0 Å². The van der Waals surface area contributed by atoms with Gasteiger partial charge in [-0.25, -0.2) is 0 Å². The van der Waals surface area contributed by atoms with Crippen molar-refractivity contribution in [2.24, 2.45) is 11.8 Å². The third kappa shape index (κ3) is 4.09. The maximum absolute atomic E-state index is 10.3. The molecule has 1 aliphatic carbocycles. The molecule has 1 heteroatoms. The van der Waals surface area contributed by atoms with Gasteiger partial charge < -0.3 is 5.11 Å². The predicted octanol–water partition coefficient (Wildman–Crippen LogP) is 4.93. The van der Waals surface area contributed by atoms with Crippen LogP contribution in [0.5, 0.6) is 0 Å². The maximum atomic E-state index is 10.3. The van der Waals surface area contributed by atoms with Gasteiger partial charge in [-0.05, 0) is 54.6 Å². The van der Waals surface area contributed by atoms with Gasteiger partial charge in [0.05, 0.1) is 6.10 Å². The lowest BCUT2D eigenvalue weighted by molar-refractivity contribution is 0.0463. The topological polar surface area (TPSA) is 20.2 Å². The van der Waals surface area contributed by atoms with Crippen molar-refractivity contribution in [2.45, 2.75) is 71.3 Å². The molecule has 0 aliphatic heterocycles. The molecule has 0 saturated heterocycles. The first-order valence-corrected chi connectivity index (χ1v) is 8.37. The number of rotatable bonds is 5. The summed E-state index contributed by atoms with van der Waals surface area (Å²) in [6.45, 7) is 6.73. The Kier molecular flexibility index (Phi) is 5.65. The van der Waals surface area contributed by atoms with Gasteiger partial charge in [0, 0.05) is 0 Å². The Balaban J connectivity index is 1.96. The van der Waals surface area contributed by atoms with Crippen molar-refractivity contribution in [1.29, 1.82) is 0 Å². The molecular formula is C19H30O. The van der Waals surface area contributed by atoms with E-state index in [-0.39, 0.29) is 6.10 Å². The zero-order chi connectivity index (χ0) is 14.5. The fourth-order valence-electron chi connectivity index (χ4n) is 3.58. The minimum atomic E-state index is -0.0899. The summed E-state index contributed by atoms with van der Waals surface area (Å²) in [7, 11) is 0. The van der Waals surface area contributed by atoms with Gasteiger partial charge in [-0.2, -0.15) is 0 Å². The van der Waals surface area contributed by atoms with Gasteiger partial charge in [0.2, 0.25) is 0 Å². The molecule has 112 valence electrons. The van der Waals surface area contributed by atoms with Crippen LogP contribution >= 0.6 is 0 Å². The van der Waals surface area contributed by atoms with Crippen LogP contribution in [0.25, 0.3) is 0 Å². The molecule has 0 spiro atoms. The minimum Gasteiger partial charge on any atom is -0.393 e. The maximum Gasteiger partial charge on any atom is 0.0571 e. The normalized spacial score (nSPS) is 26.9. The first-order chi connectivity index (χ1) is 9.60. The van der Waals surface area contributed by atoms with Crippen molar-refractivity contribution in [2.75, 3.05) is 0 Å². The molecule has 1 aromatic carbocycles. The van der Waals surface area contributed by atoms with Crippen LogP contribution in [0, 0.1) is 11.8 Å². The van der Waals surface area contributed by atoms with Crippen molar-refractivity contribution in [1.82, 2.24) is 0 Å². The summed E-state index contributed by atoms with van der Waals surface area (Å²) in [5, 5.41) is 10.3. The molecule has 2 rings (SSSR count). The smallest absolute Gasteiger partial charge is 0.0571 e. The lowest BCUT2D eigenvalue weighted by atomic mass is 9.75. The van der Waals surface area contributed by atoms with Crippen LogP contribution in [0.3, 0.4) is 0 Å². The van der Waals surface area contributed by atoms with Crippen LogP contribution in [0.1, 0.15) is 69.9 Å². The molecule has 3 unspecified atom stereocenters. The molecule has 1 aromatic rings. The third-order valence-electron chi connectivity index (χ3n) is 4.89. The summed E-state index contributed by atoms with van der Waals surface area (Å²) in [4.78, 5) is 0. The first-order valence-electron chi connectivity index (χ1n) is 8.37. The molecule has 1 fully saturated rings. The monoisotopic (exact) mass is 274 g/mol. The van der Waals surface area contributed by atoms with Crippen molar-refractivity contribution in [3.05, 3.63) is 35.4 Å². The molecule has 0 radical (unpaired) electrons. The van der Waals surface area contributed by atoms with Crippen LogP contribution in [-0.4, -0.2) is 11.2 Å². The standard InChI is InChI=1S/C19H30O/c1-4-5-15-8-11-19(20)18(12-15)13-16-6-9-17(10-7-16)14(2)3/h6-7,9-10,14-15,18-20H,4-5,8,11-13H2,1-3H3. The summed E-state index contributed by atoms with van der Waals surface area (Å²) in [6, 6.07) is 9.01. The molecule has 0 bridgehead atoms. The number of benzene rings is 1. The van der Waals surface area contributed by atoms with Crippen LogP contribution < -0.4 is 0 Å². The fourth-order valence-corrected chi connectivity index (χ4v) is 3.58.